The van der Waals surface area contributed by atoms with Crippen LogP contribution in [-0.2, 0) is 4.74 Å². The third-order valence-electron chi connectivity index (χ3n) is 5.75. The summed E-state index contributed by atoms with van der Waals surface area (Å²) in [6.07, 6.45) is 14.2. The Kier molecular flexibility index (Phi) is 4.22. The Morgan fingerprint density at radius 3 is 3.00 bits per heavy atom. The van der Waals surface area contributed by atoms with Crippen molar-refractivity contribution in [3.63, 3.8) is 0 Å². The number of hydrogen-bond donors (Lipinski definition) is 2. The third kappa shape index (κ3) is 3.21. The van der Waals surface area contributed by atoms with Crippen LogP contribution in [0.25, 0.3) is 0 Å². The van der Waals surface area contributed by atoms with E-state index in [4.69, 9.17) is 4.74 Å². The van der Waals surface area contributed by atoms with Gasteiger partial charge in [0.05, 0.1) is 11.3 Å². The van der Waals surface area contributed by atoms with E-state index in [1.54, 1.807) is 0 Å². The molecule has 0 aromatic carbocycles. The fourth-order valence-electron chi connectivity index (χ4n) is 4.33. The highest BCUT2D eigenvalue weighted by atomic mass is 16.5. The molecule has 3 aliphatic heterocycles. The molecule has 0 radical (unpaired) electrons. The van der Waals surface area contributed by atoms with Crippen molar-refractivity contribution in [2.24, 2.45) is 10.9 Å². The zero-order valence-electron chi connectivity index (χ0n) is 13.6. The van der Waals surface area contributed by atoms with Crippen molar-refractivity contribution in [3.8, 4) is 0 Å². The van der Waals surface area contributed by atoms with Crippen LogP contribution in [0.15, 0.2) is 40.6 Å². The summed E-state index contributed by atoms with van der Waals surface area (Å²) >= 11 is 0. The van der Waals surface area contributed by atoms with Gasteiger partial charge in [-0.15, -0.1) is 0 Å². The van der Waals surface area contributed by atoms with E-state index in [9.17, 15) is 5.11 Å². The number of hydrogen-bond acceptors (Lipinski definition) is 4. The molecule has 2 atom stereocenters. The van der Waals surface area contributed by atoms with Crippen molar-refractivity contribution in [1.29, 1.82) is 0 Å². The molecule has 2 N–H and O–H groups in total. The lowest BCUT2D eigenvalue weighted by Gasteiger charge is -2.38. The molecule has 0 saturated carbocycles. The van der Waals surface area contributed by atoms with E-state index in [1.165, 1.54) is 29.7 Å². The molecule has 1 aliphatic carbocycles. The smallest absolute Gasteiger partial charge is 0.0697 e. The quantitative estimate of drug-likeness (QED) is 0.838. The van der Waals surface area contributed by atoms with Crippen molar-refractivity contribution in [2.75, 3.05) is 19.8 Å². The van der Waals surface area contributed by atoms with E-state index in [2.05, 4.69) is 28.5 Å². The van der Waals surface area contributed by atoms with E-state index in [-0.39, 0.29) is 0 Å². The predicted octanol–water partition coefficient (Wildman–Crippen LogP) is 2.51. The van der Waals surface area contributed by atoms with Gasteiger partial charge in [0, 0.05) is 31.9 Å². The second kappa shape index (κ2) is 6.34. The molecule has 0 spiro atoms. The molecule has 2 saturated heterocycles. The molecule has 124 valence electrons. The molecule has 23 heavy (non-hydrogen) atoms. The highest BCUT2D eigenvalue weighted by molar-refractivity contribution is 6.07. The number of allylic oxidation sites excluding steroid dienone is 4. The Labute approximate surface area is 138 Å². The lowest BCUT2D eigenvalue weighted by atomic mass is 9.75. The van der Waals surface area contributed by atoms with Crippen molar-refractivity contribution in [2.45, 2.75) is 50.2 Å². The van der Waals surface area contributed by atoms with Gasteiger partial charge >= 0.3 is 0 Å². The van der Waals surface area contributed by atoms with Gasteiger partial charge in [0.15, 0.2) is 0 Å². The molecule has 0 aromatic heterocycles. The normalized spacial score (nSPS) is 30.5. The minimum atomic E-state index is -0.576. The number of fused-ring (bicyclic) bond motifs is 1. The molecular weight excluding hydrogens is 288 g/mol. The van der Waals surface area contributed by atoms with Gasteiger partial charge in [0.25, 0.3) is 0 Å². The van der Waals surface area contributed by atoms with Gasteiger partial charge in [-0.2, -0.15) is 0 Å². The predicted molar refractivity (Wildman–Crippen MR) is 91.5 cm³/mol. The summed E-state index contributed by atoms with van der Waals surface area (Å²) in [6, 6.07) is 0.484. The summed E-state index contributed by atoms with van der Waals surface area (Å²) in [7, 11) is 0. The molecule has 0 aromatic rings. The maximum absolute atomic E-state index is 11.0. The Bertz CT molecular complexity index is 576. The van der Waals surface area contributed by atoms with Crippen molar-refractivity contribution in [3.05, 3.63) is 35.6 Å². The molecule has 0 amide bonds. The fourth-order valence-corrected chi connectivity index (χ4v) is 4.33. The van der Waals surface area contributed by atoms with Gasteiger partial charge < -0.3 is 15.2 Å². The number of ether oxygens (including phenoxy) is 1. The molecule has 3 heterocycles. The first-order valence-electron chi connectivity index (χ1n) is 8.91. The highest BCUT2D eigenvalue weighted by Crippen LogP contribution is 2.38. The maximum Gasteiger partial charge on any atom is 0.0697 e. The molecule has 4 aliphatic rings. The van der Waals surface area contributed by atoms with Crippen LogP contribution in [0, 0.1) is 5.92 Å². The Hall–Kier alpha value is -1.23. The van der Waals surface area contributed by atoms with E-state index in [1.807, 2.05) is 6.20 Å². The Morgan fingerprint density at radius 2 is 2.22 bits per heavy atom. The standard InChI is InChI=1S/C19H26N2O2/c22-19(6-10-23-11-7-19)13-16(17-2-1-8-20-17)15-4-3-14-5-9-21-18(14)12-15/h3-5,9,16-17,20,22H,1-2,6-8,10-13H2. The minimum absolute atomic E-state index is 0.390. The fraction of sp³-hybridized carbons (Fsp3) is 0.632. The first kappa shape index (κ1) is 15.3. The highest BCUT2D eigenvalue weighted by Gasteiger charge is 2.38. The summed E-state index contributed by atoms with van der Waals surface area (Å²) in [4.78, 5) is 4.51. The Morgan fingerprint density at radius 1 is 1.35 bits per heavy atom. The molecular formula is C19H26N2O2. The summed E-state index contributed by atoms with van der Waals surface area (Å²) in [5.41, 5.74) is 3.28. The second-order valence-electron chi connectivity index (χ2n) is 7.28. The number of nitrogens with one attached hydrogen (secondary N) is 1. The van der Waals surface area contributed by atoms with Gasteiger partial charge in [-0.1, -0.05) is 17.7 Å². The van der Waals surface area contributed by atoms with Crippen LogP contribution in [0.3, 0.4) is 0 Å². The van der Waals surface area contributed by atoms with Crippen LogP contribution in [0.1, 0.15) is 38.5 Å². The third-order valence-corrected chi connectivity index (χ3v) is 5.75. The van der Waals surface area contributed by atoms with E-state index >= 15 is 0 Å². The lowest BCUT2D eigenvalue weighted by Crippen LogP contribution is -2.43. The summed E-state index contributed by atoms with van der Waals surface area (Å²) in [5, 5.41) is 14.7. The number of nitrogens with zero attached hydrogens (tertiary/aromatic N) is 1. The van der Waals surface area contributed by atoms with E-state index in [0.717, 1.165) is 32.2 Å². The molecule has 0 bridgehead atoms. The van der Waals surface area contributed by atoms with Crippen LogP contribution in [0.2, 0.25) is 0 Å². The van der Waals surface area contributed by atoms with Crippen molar-refractivity contribution >= 4 is 5.71 Å². The van der Waals surface area contributed by atoms with E-state index < -0.39 is 5.60 Å². The van der Waals surface area contributed by atoms with Crippen LogP contribution in [0.5, 0.6) is 0 Å². The molecule has 2 fully saturated rings. The molecule has 4 nitrogen and oxygen atoms in total. The van der Waals surface area contributed by atoms with Gasteiger partial charge in [-0.25, -0.2) is 0 Å². The molecule has 2 unspecified atom stereocenters. The van der Waals surface area contributed by atoms with Gasteiger partial charge in [-0.05, 0) is 56.2 Å². The second-order valence-corrected chi connectivity index (χ2v) is 7.28. The van der Waals surface area contributed by atoms with Crippen molar-refractivity contribution in [1.82, 2.24) is 5.32 Å². The topological polar surface area (TPSA) is 53.9 Å². The largest absolute Gasteiger partial charge is 0.390 e. The lowest BCUT2D eigenvalue weighted by molar-refractivity contribution is -0.0758. The first-order valence-corrected chi connectivity index (χ1v) is 8.91. The summed E-state index contributed by atoms with van der Waals surface area (Å²) in [6.45, 7) is 2.46. The summed E-state index contributed by atoms with van der Waals surface area (Å²) in [5.74, 6) is 0.390. The average Bonchev–Trinajstić information content (AvgIpc) is 3.24. The van der Waals surface area contributed by atoms with Crippen LogP contribution in [0.4, 0.5) is 0 Å². The zero-order chi connectivity index (χ0) is 15.7. The maximum atomic E-state index is 11.0. The average molecular weight is 314 g/mol. The number of rotatable bonds is 4. The van der Waals surface area contributed by atoms with Crippen molar-refractivity contribution < 1.29 is 9.84 Å². The zero-order valence-corrected chi connectivity index (χ0v) is 13.6. The Balaban J connectivity index is 1.56. The monoisotopic (exact) mass is 314 g/mol. The summed E-state index contributed by atoms with van der Waals surface area (Å²) < 4.78 is 5.45. The number of aliphatic hydroxyl groups is 1. The SMILES string of the molecule is OC1(CC(C2=CC=C3C=CN=C3C2)C2CCCN2)CCOCC1. The van der Waals surface area contributed by atoms with Gasteiger partial charge in [0.2, 0.25) is 0 Å². The van der Waals surface area contributed by atoms with E-state index in [0.29, 0.717) is 25.2 Å². The van der Waals surface area contributed by atoms with Gasteiger partial charge in [-0.3, -0.25) is 4.99 Å². The molecule has 4 rings (SSSR count). The van der Waals surface area contributed by atoms with Crippen LogP contribution >= 0.6 is 0 Å². The first-order chi connectivity index (χ1) is 11.2. The minimum Gasteiger partial charge on any atom is -0.390 e. The van der Waals surface area contributed by atoms with Crippen LogP contribution < -0.4 is 5.32 Å². The number of aliphatic imine (C=N–C) groups is 1. The van der Waals surface area contributed by atoms with Gasteiger partial charge in [0.1, 0.15) is 0 Å². The molecule has 4 heteroatoms. The van der Waals surface area contributed by atoms with Crippen LogP contribution in [-0.4, -0.2) is 42.2 Å².